The maximum absolute atomic E-state index is 11.1. The number of ketones is 1. The van der Waals surface area contributed by atoms with Crippen LogP contribution in [0.15, 0.2) is 24.3 Å². The van der Waals surface area contributed by atoms with Crippen molar-refractivity contribution >= 4 is 11.5 Å². The highest BCUT2D eigenvalue weighted by Crippen LogP contribution is 2.12. The Kier molecular flexibility index (Phi) is 4.99. The molecule has 0 spiro atoms. The molecule has 1 aromatic carbocycles. The Hall–Kier alpha value is -1.35. The van der Waals surface area contributed by atoms with Gasteiger partial charge in [0.25, 0.3) is 0 Å². The van der Waals surface area contributed by atoms with Gasteiger partial charge in [-0.3, -0.25) is 4.79 Å². The molecule has 0 aliphatic carbocycles. The van der Waals surface area contributed by atoms with Gasteiger partial charge in [-0.2, -0.15) is 0 Å². The zero-order chi connectivity index (χ0) is 12.0. The summed E-state index contributed by atoms with van der Waals surface area (Å²) >= 11 is 0. The Morgan fingerprint density at radius 3 is 2.50 bits per heavy atom. The third-order valence-corrected chi connectivity index (χ3v) is 2.46. The number of benzene rings is 1. The summed E-state index contributed by atoms with van der Waals surface area (Å²) in [6, 6.07) is 7.91. The normalized spacial score (nSPS) is 12.2. The van der Waals surface area contributed by atoms with Crippen LogP contribution in [0, 0.1) is 0 Å². The highest BCUT2D eigenvalue weighted by Gasteiger charge is 2.02. The first-order valence-corrected chi connectivity index (χ1v) is 5.50. The van der Waals surface area contributed by atoms with Crippen LogP contribution in [0.5, 0.6) is 0 Å². The van der Waals surface area contributed by atoms with Crippen LogP contribution in [-0.4, -0.2) is 25.5 Å². The van der Waals surface area contributed by atoms with Crippen molar-refractivity contribution in [2.24, 2.45) is 0 Å². The Morgan fingerprint density at radius 2 is 2.00 bits per heavy atom. The minimum Gasteiger partial charge on any atom is -0.385 e. The number of hydrogen-bond acceptors (Lipinski definition) is 3. The fourth-order valence-corrected chi connectivity index (χ4v) is 1.45. The van der Waals surface area contributed by atoms with E-state index < -0.39 is 0 Å². The van der Waals surface area contributed by atoms with Crippen LogP contribution in [0.3, 0.4) is 0 Å². The largest absolute Gasteiger partial charge is 0.385 e. The smallest absolute Gasteiger partial charge is 0.159 e. The molecule has 0 heterocycles. The van der Waals surface area contributed by atoms with E-state index in [0.29, 0.717) is 6.04 Å². The molecular formula is C13H19NO2. The predicted molar refractivity (Wildman–Crippen MR) is 66.0 cm³/mol. The number of carbonyl (C=O) groups is 1. The average Bonchev–Trinajstić information content (AvgIpc) is 2.27. The summed E-state index contributed by atoms with van der Waals surface area (Å²) in [7, 11) is 1.70. The van der Waals surface area contributed by atoms with Crippen molar-refractivity contribution in [2.75, 3.05) is 19.0 Å². The summed E-state index contributed by atoms with van der Waals surface area (Å²) in [5.41, 5.74) is 1.78. The van der Waals surface area contributed by atoms with Crippen molar-refractivity contribution in [3.63, 3.8) is 0 Å². The lowest BCUT2D eigenvalue weighted by atomic mass is 10.1. The third-order valence-electron chi connectivity index (χ3n) is 2.46. The molecule has 3 heteroatoms. The summed E-state index contributed by atoms with van der Waals surface area (Å²) in [5, 5.41) is 3.35. The predicted octanol–water partition coefficient (Wildman–Crippen LogP) is 2.73. The summed E-state index contributed by atoms with van der Waals surface area (Å²) < 4.78 is 5.02. The summed E-state index contributed by atoms with van der Waals surface area (Å²) in [5.74, 6) is 0.0963. The molecule has 0 aliphatic rings. The maximum Gasteiger partial charge on any atom is 0.159 e. The molecule has 0 aromatic heterocycles. The molecule has 1 unspecified atom stereocenters. The van der Waals surface area contributed by atoms with E-state index in [0.717, 1.165) is 24.3 Å². The zero-order valence-electron chi connectivity index (χ0n) is 10.1. The van der Waals surface area contributed by atoms with Gasteiger partial charge in [-0.25, -0.2) is 0 Å². The van der Waals surface area contributed by atoms with Gasteiger partial charge in [-0.1, -0.05) is 0 Å². The van der Waals surface area contributed by atoms with E-state index in [4.69, 9.17) is 4.74 Å². The molecule has 88 valence electrons. The van der Waals surface area contributed by atoms with E-state index in [1.165, 1.54) is 0 Å². The van der Waals surface area contributed by atoms with Gasteiger partial charge in [-0.15, -0.1) is 0 Å². The first kappa shape index (κ1) is 12.7. The number of ether oxygens (including phenoxy) is 1. The molecule has 16 heavy (non-hydrogen) atoms. The lowest BCUT2D eigenvalue weighted by Gasteiger charge is -2.14. The second-order valence-corrected chi connectivity index (χ2v) is 3.96. The lowest BCUT2D eigenvalue weighted by Crippen LogP contribution is -2.17. The van der Waals surface area contributed by atoms with E-state index in [-0.39, 0.29) is 5.78 Å². The van der Waals surface area contributed by atoms with Gasteiger partial charge in [0.1, 0.15) is 0 Å². The van der Waals surface area contributed by atoms with Gasteiger partial charge in [0.2, 0.25) is 0 Å². The molecule has 0 radical (unpaired) electrons. The second-order valence-electron chi connectivity index (χ2n) is 3.96. The molecule has 1 atom stereocenters. The summed E-state index contributed by atoms with van der Waals surface area (Å²) in [4.78, 5) is 11.1. The molecule has 1 N–H and O–H groups in total. The zero-order valence-corrected chi connectivity index (χ0v) is 10.1. The highest BCUT2D eigenvalue weighted by molar-refractivity contribution is 5.94. The van der Waals surface area contributed by atoms with Gasteiger partial charge in [0, 0.05) is 31.0 Å². The number of rotatable bonds is 6. The fourth-order valence-electron chi connectivity index (χ4n) is 1.45. The number of methoxy groups -OCH3 is 1. The lowest BCUT2D eigenvalue weighted by molar-refractivity contribution is 0.101. The first-order valence-electron chi connectivity index (χ1n) is 5.50. The second kappa shape index (κ2) is 6.28. The van der Waals surface area contributed by atoms with E-state index in [1.54, 1.807) is 14.0 Å². The van der Waals surface area contributed by atoms with Gasteiger partial charge in [0.15, 0.2) is 5.78 Å². The maximum atomic E-state index is 11.1. The fraction of sp³-hybridized carbons (Fsp3) is 0.462. The number of nitrogens with one attached hydrogen (secondary N) is 1. The molecule has 1 aromatic rings. The quantitative estimate of drug-likeness (QED) is 0.751. The molecule has 0 amide bonds. The highest BCUT2D eigenvalue weighted by atomic mass is 16.5. The van der Waals surface area contributed by atoms with Crippen LogP contribution in [0.25, 0.3) is 0 Å². The van der Waals surface area contributed by atoms with Crippen LogP contribution >= 0.6 is 0 Å². The van der Waals surface area contributed by atoms with Crippen LogP contribution in [-0.2, 0) is 4.74 Å². The minimum atomic E-state index is 0.0963. The molecule has 1 rings (SSSR count). The van der Waals surface area contributed by atoms with E-state index >= 15 is 0 Å². The van der Waals surface area contributed by atoms with Crippen LogP contribution < -0.4 is 5.32 Å². The number of carbonyl (C=O) groups excluding carboxylic acids is 1. The van der Waals surface area contributed by atoms with Crippen LogP contribution in [0.2, 0.25) is 0 Å². The Morgan fingerprint density at radius 1 is 1.38 bits per heavy atom. The Balaban J connectivity index is 2.51. The third kappa shape index (κ3) is 4.03. The number of hydrogen-bond donors (Lipinski definition) is 1. The summed E-state index contributed by atoms with van der Waals surface area (Å²) in [6.45, 7) is 4.43. The van der Waals surface area contributed by atoms with Gasteiger partial charge >= 0.3 is 0 Å². The molecule has 0 fully saturated rings. The molecular weight excluding hydrogens is 202 g/mol. The van der Waals surface area contributed by atoms with Crippen molar-refractivity contribution < 1.29 is 9.53 Å². The first-order chi connectivity index (χ1) is 7.63. The topological polar surface area (TPSA) is 38.3 Å². The van der Waals surface area contributed by atoms with Gasteiger partial charge < -0.3 is 10.1 Å². The van der Waals surface area contributed by atoms with Crippen molar-refractivity contribution in [1.82, 2.24) is 0 Å². The number of anilines is 1. The van der Waals surface area contributed by atoms with Crippen molar-refractivity contribution in [3.05, 3.63) is 29.8 Å². The molecule has 0 saturated heterocycles. The van der Waals surface area contributed by atoms with Crippen molar-refractivity contribution in [3.8, 4) is 0 Å². The Labute approximate surface area is 96.8 Å². The van der Waals surface area contributed by atoms with E-state index in [9.17, 15) is 4.79 Å². The number of Topliss-reactive ketones (excluding diaryl/α,β-unsaturated/α-hetero) is 1. The Bertz CT molecular complexity index is 332. The molecule has 0 saturated carbocycles. The standard InChI is InChI=1S/C13H19NO2/c1-10(8-9-16-3)14-13-6-4-12(5-7-13)11(2)15/h4-7,10,14H,8-9H2,1-3H3. The van der Waals surface area contributed by atoms with E-state index in [1.807, 2.05) is 24.3 Å². The average molecular weight is 221 g/mol. The molecule has 0 bridgehead atoms. The minimum absolute atomic E-state index is 0.0963. The van der Waals surface area contributed by atoms with Gasteiger partial charge in [-0.05, 0) is 44.5 Å². The van der Waals surface area contributed by atoms with Crippen LogP contribution in [0.4, 0.5) is 5.69 Å². The van der Waals surface area contributed by atoms with Crippen molar-refractivity contribution in [2.45, 2.75) is 26.3 Å². The summed E-state index contributed by atoms with van der Waals surface area (Å²) in [6.07, 6.45) is 0.963. The van der Waals surface area contributed by atoms with Crippen LogP contribution in [0.1, 0.15) is 30.6 Å². The van der Waals surface area contributed by atoms with E-state index in [2.05, 4.69) is 12.2 Å². The molecule has 0 aliphatic heterocycles. The monoisotopic (exact) mass is 221 g/mol. The van der Waals surface area contributed by atoms with Gasteiger partial charge in [0.05, 0.1) is 0 Å². The van der Waals surface area contributed by atoms with Crippen molar-refractivity contribution in [1.29, 1.82) is 0 Å². The SMILES string of the molecule is COCCC(C)Nc1ccc(C(C)=O)cc1. The molecule has 3 nitrogen and oxygen atoms in total.